The lowest BCUT2D eigenvalue weighted by molar-refractivity contribution is 1.25. The SMILES string of the molecule is Cc1ccc(C=Nc2cccc(N=Cc3ccc(C)s3)n2)s1. The topological polar surface area (TPSA) is 37.6 Å². The first-order valence-electron chi connectivity index (χ1n) is 6.87. The fourth-order valence-electron chi connectivity index (χ4n) is 1.86. The molecule has 0 amide bonds. The van der Waals surface area contributed by atoms with Crippen molar-refractivity contribution in [2.24, 2.45) is 9.98 Å². The average Bonchev–Trinajstić information content (AvgIpc) is 3.12. The van der Waals surface area contributed by atoms with Crippen LogP contribution in [0.5, 0.6) is 0 Å². The van der Waals surface area contributed by atoms with Gasteiger partial charge in [-0.1, -0.05) is 6.07 Å². The summed E-state index contributed by atoms with van der Waals surface area (Å²) in [7, 11) is 0. The number of rotatable bonds is 4. The number of hydrogen-bond donors (Lipinski definition) is 0. The predicted octanol–water partition coefficient (Wildman–Crippen LogP) is 5.32. The molecule has 110 valence electrons. The Hall–Kier alpha value is -2.11. The van der Waals surface area contributed by atoms with Crippen LogP contribution in [0.1, 0.15) is 19.5 Å². The summed E-state index contributed by atoms with van der Waals surface area (Å²) in [4.78, 5) is 18.1. The maximum absolute atomic E-state index is 4.43. The molecule has 0 spiro atoms. The van der Waals surface area contributed by atoms with E-state index in [1.54, 1.807) is 22.7 Å². The minimum atomic E-state index is 0.670. The number of hydrogen-bond acceptors (Lipinski definition) is 5. The minimum absolute atomic E-state index is 0.670. The lowest BCUT2D eigenvalue weighted by atomic mass is 10.4. The fraction of sp³-hybridized carbons (Fsp3) is 0.118. The van der Waals surface area contributed by atoms with Gasteiger partial charge >= 0.3 is 0 Å². The highest BCUT2D eigenvalue weighted by atomic mass is 32.1. The van der Waals surface area contributed by atoms with Gasteiger partial charge in [0.25, 0.3) is 0 Å². The maximum atomic E-state index is 4.43. The summed E-state index contributed by atoms with van der Waals surface area (Å²) in [5.41, 5.74) is 0. The van der Waals surface area contributed by atoms with E-state index in [1.807, 2.05) is 30.6 Å². The first kappa shape index (κ1) is 14.8. The molecule has 3 nitrogen and oxygen atoms in total. The molecule has 0 fully saturated rings. The molecule has 0 bridgehead atoms. The van der Waals surface area contributed by atoms with Crippen molar-refractivity contribution in [3.8, 4) is 0 Å². The molecule has 0 saturated carbocycles. The molecule has 0 N–H and O–H groups in total. The lowest BCUT2D eigenvalue weighted by Crippen LogP contribution is -1.79. The van der Waals surface area contributed by atoms with Crippen LogP contribution in [0.25, 0.3) is 0 Å². The van der Waals surface area contributed by atoms with Crippen LogP contribution in [0, 0.1) is 13.8 Å². The molecule has 0 aliphatic rings. The van der Waals surface area contributed by atoms with Crippen LogP contribution in [0.15, 0.2) is 52.4 Å². The second kappa shape index (κ2) is 6.77. The highest BCUT2D eigenvalue weighted by molar-refractivity contribution is 7.13. The van der Waals surface area contributed by atoms with Gasteiger partial charge in [-0.2, -0.15) is 0 Å². The van der Waals surface area contributed by atoms with Crippen LogP contribution < -0.4 is 0 Å². The molecule has 0 aliphatic carbocycles. The van der Waals surface area contributed by atoms with Gasteiger partial charge in [0.15, 0.2) is 11.6 Å². The van der Waals surface area contributed by atoms with Crippen LogP contribution in [0.2, 0.25) is 0 Å². The molecule has 22 heavy (non-hydrogen) atoms. The Bertz CT molecular complexity index is 762. The number of aliphatic imine (C=N–C) groups is 2. The van der Waals surface area contributed by atoms with Crippen LogP contribution in [0.4, 0.5) is 11.6 Å². The maximum Gasteiger partial charge on any atom is 0.154 e. The van der Waals surface area contributed by atoms with Gasteiger partial charge in [-0.15, -0.1) is 22.7 Å². The zero-order valence-corrected chi connectivity index (χ0v) is 14.0. The molecule has 0 unspecified atom stereocenters. The minimum Gasteiger partial charge on any atom is -0.236 e. The van der Waals surface area contributed by atoms with Crippen molar-refractivity contribution in [2.75, 3.05) is 0 Å². The van der Waals surface area contributed by atoms with Crippen molar-refractivity contribution in [2.45, 2.75) is 13.8 Å². The number of aryl methyl sites for hydroxylation is 2. The van der Waals surface area contributed by atoms with Gasteiger partial charge in [-0.25, -0.2) is 15.0 Å². The van der Waals surface area contributed by atoms with E-state index in [0.717, 1.165) is 9.75 Å². The smallest absolute Gasteiger partial charge is 0.154 e. The third kappa shape index (κ3) is 3.96. The molecule has 0 saturated heterocycles. The van der Waals surface area contributed by atoms with E-state index < -0.39 is 0 Å². The Kier molecular flexibility index (Phi) is 4.56. The molecule has 3 aromatic heterocycles. The van der Waals surface area contributed by atoms with E-state index in [2.05, 4.69) is 53.1 Å². The predicted molar refractivity (Wildman–Crippen MR) is 96.9 cm³/mol. The molecule has 3 heterocycles. The van der Waals surface area contributed by atoms with Gasteiger partial charge in [0.2, 0.25) is 0 Å². The highest BCUT2D eigenvalue weighted by Gasteiger charge is 1.97. The van der Waals surface area contributed by atoms with E-state index in [9.17, 15) is 0 Å². The van der Waals surface area contributed by atoms with Crippen molar-refractivity contribution in [3.63, 3.8) is 0 Å². The molecular weight excluding hydrogens is 310 g/mol. The number of nitrogens with zero attached hydrogens (tertiary/aromatic N) is 3. The van der Waals surface area contributed by atoms with Crippen molar-refractivity contribution >= 4 is 46.7 Å². The largest absolute Gasteiger partial charge is 0.236 e. The molecule has 0 aliphatic heterocycles. The normalized spacial score (nSPS) is 11.7. The molecular formula is C17H15N3S2. The Morgan fingerprint density at radius 1 is 0.773 bits per heavy atom. The van der Waals surface area contributed by atoms with Crippen LogP contribution in [-0.4, -0.2) is 17.4 Å². The van der Waals surface area contributed by atoms with Crippen LogP contribution >= 0.6 is 22.7 Å². The summed E-state index contributed by atoms with van der Waals surface area (Å²) < 4.78 is 0. The Labute approximate surface area is 137 Å². The summed E-state index contributed by atoms with van der Waals surface area (Å²) in [6.45, 7) is 4.17. The van der Waals surface area contributed by atoms with Gasteiger partial charge in [-0.05, 0) is 50.2 Å². The summed E-state index contributed by atoms with van der Waals surface area (Å²) in [5.74, 6) is 1.34. The molecule has 0 aromatic carbocycles. The van der Waals surface area contributed by atoms with Gasteiger partial charge in [0.05, 0.1) is 0 Å². The Morgan fingerprint density at radius 2 is 1.27 bits per heavy atom. The highest BCUT2D eigenvalue weighted by Crippen LogP contribution is 2.18. The van der Waals surface area contributed by atoms with Crippen molar-refractivity contribution in [1.82, 2.24) is 4.98 Å². The van der Waals surface area contributed by atoms with Gasteiger partial charge < -0.3 is 0 Å². The molecule has 3 aromatic rings. The second-order valence-electron chi connectivity index (χ2n) is 4.77. The third-order valence-electron chi connectivity index (χ3n) is 2.89. The standard InChI is InChI=1S/C17H15N3S2/c1-12-6-8-14(21-12)10-18-16-4-3-5-17(20-16)19-11-15-9-7-13(2)22-15/h3-11H,1-2H3. The van der Waals surface area contributed by atoms with Gasteiger partial charge in [0, 0.05) is 31.9 Å². The zero-order valence-electron chi connectivity index (χ0n) is 12.4. The van der Waals surface area contributed by atoms with E-state index >= 15 is 0 Å². The van der Waals surface area contributed by atoms with E-state index in [1.165, 1.54) is 9.75 Å². The fourth-order valence-corrected chi connectivity index (χ4v) is 3.36. The number of aromatic nitrogens is 1. The number of thiophene rings is 2. The Balaban J connectivity index is 1.74. The second-order valence-corrected chi connectivity index (χ2v) is 7.41. The van der Waals surface area contributed by atoms with Gasteiger partial charge in [0.1, 0.15) is 0 Å². The lowest BCUT2D eigenvalue weighted by Gasteiger charge is -1.95. The van der Waals surface area contributed by atoms with E-state index in [4.69, 9.17) is 0 Å². The average molecular weight is 325 g/mol. The molecule has 0 atom stereocenters. The monoisotopic (exact) mass is 325 g/mol. The van der Waals surface area contributed by atoms with E-state index in [-0.39, 0.29) is 0 Å². The first-order valence-corrected chi connectivity index (χ1v) is 8.50. The first-order chi connectivity index (χ1) is 10.7. The quantitative estimate of drug-likeness (QED) is 0.598. The van der Waals surface area contributed by atoms with Crippen molar-refractivity contribution < 1.29 is 0 Å². The molecule has 0 radical (unpaired) electrons. The Morgan fingerprint density at radius 3 is 1.68 bits per heavy atom. The van der Waals surface area contributed by atoms with Crippen LogP contribution in [-0.2, 0) is 0 Å². The summed E-state index contributed by atoms with van der Waals surface area (Å²) in [6, 6.07) is 14.0. The zero-order chi connectivity index (χ0) is 15.4. The van der Waals surface area contributed by atoms with Gasteiger partial charge in [-0.3, -0.25) is 0 Å². The summed E-state index contributed by atoms with van der Waals surface area (Å²) >= 11 is 3.43. The third-order valence-corrected chi connectivity index (χ3v) is 4.76. The van der Waals surface area contributed by atoms with Crippen molar-refractivity contribution in [3.05, 3.63) is 62.0 Å². The van der Waals surface area contributed by atoms with Crippen molar-refractivity contribution in [1.29, 1.82) is 0 Å². The summed E-state index contributed by atoms with van der Waals surface area (Å²) in [5, 5.41) is 0. The summed E-state index contributed by atoms with van der Waals surface area (Å²) in [6.07, 6.45) is 3.69. The molecule has 3 rings (SSSR count). The molecule has 5 heteroatoms. The number of pyridine rings is 1. The van der Waals surface area contributed by atoms with E-state index in [0.29, 0.717) is 11.6 Å². The van der Waals surface area contributed by atoms with Crippen LogP contribution in [0.3, 0.4) is 0 Å².